The van der Waals surface area contributed by atoms with Gasteiger partial charge in [0.15, 0.2) is 0 Å². The van der Waals surface area contributed by atoms with Crippen LogP contribution in [-0.4, -0.2) is 53.5 Å². The van der Waals surface area contributed by atoms with Crippen molar-refractivity contribution in [1.82, 2.24) is 10.2 Å². The number of hydrogen-bond donors (Lipinski definition) is 2. The number of anilines is 1. The number of ether oxygens (including phenoxy) is 2. The number of methoxy groups -OCH3 is 1. The minimum atomic E-state index is -1.20. The molecule has 216 valence electrons. The number of fused-ring (bicyclic) bond motifs is 1. The zero-order valence-corrected chi connectivity index (χ0v) is 24.0. The molecule has 2 saturated heterocycles. The number of likely N-dealkylation sites (tertiary alicyclic amines) is 1. The predicted molar refractivity (Wildman–Crippen MR) is 155 cm³/mol. The number of benzene rings is 2. The van der Waals surface area contributed by atoms with Crippen LogP contribution in [0.4, 0.5) is 5.69 Å². The van der Waals surface area contributed by atoms with E-state index in [9.17, 15) is 14.4 Å². The van der Waals surface area contributed by atoms with Crippen molar-refractivity contribution in [2.45, 2.75) is 82.2 Å². The Morgan fingerprint density at radius 2 is 1.78 bits per heavy atom. The summed E-state index contributed by atoms with van der Waals surface area (Å²) in [7, 11) is 1.59. The molecule has 1 aliphatic carbocycles. The highest BCUT2D eigenvalue weighted by atomic mass is 16.5. The van der Waals surface area contributed by atoms with Crippen LogP contribution in [0.3, 0.4) is 0 Å². The van der Waals surface area contributed by atoms with Crippen LogP contribution in [0, 0.1) is 11.8 Å². The molecule has 5 atom stereocenters. The Bertz CT molecular complexity index is 1350. The molecule has 1 saturated carbocycles. The number of rotatable bonds is 8. The molecule has 8 nitrogen and oxygen atoms in total. The first-order chi connectivity index (χ1) is 19.8. The topological polar surface area (TPSA) is 97.0 Å². The van der Waals surface area contributed by atoms with Crippen LogP contribution in [0.25, 0.3) is 0 Å². The molecule has 4 aliphatic rings. The van der Waals surface area contributed by atoms with Crippen molar-refractivity contribution in [3.05, 3.63) is 71.8 Å². The van der Waals surface area contributed by atoms with Crippen LogP contribution in [0.2, 0.25) is 0 Å². The van der Waals surface area contributed by atoms with Gasteiger partial charge in [-0.05, 0) is 42.5 Å². The maximum Gasteiger partial charge on any atom is 0.246 e. The third-order valence-electron chi connectivity index (χ3n) is 9.25. The van der Waals surface area contributed by atoms with Gasteiger partial charge < -0.3 is 25.0 Å². The number of hydrogen-bond acceptors (Lipinski definition) is 5. The molecular formula is C33H39N3O5. The highest BCUT2D eigenvalue weighted by Crippen LogP contribution is 2.55. The molecule has 3 fully saturated rings. The molecule has 3 heterocycles. The number of amides is 3. The Hall–Kier alpha value is -3.65. The second-order valence-corrected chi connectivity index (χ2v) is 12.1. The number of nitrogens with one attached hydrogen (secondary N) is 2. The fourth-order valence-electron chi connectivity index (χ4n) is 7.16. The average Bonchev–Trinajstić information content (AvgIpc) is 3.61. The normalized spacial score (nSPS) is 28.7. The highest BCUT2D eigenvalue weighted by molar-refractivity contribution is 6.02. The largest absolute Gasteiger partial charge is 0.496 e. The first kappa shape index (κ1) is 27.5. The van der Waals surface area contributed by atoms with Crippen molar-refractivity contribution in [2.75, 3.05) is 12.4 Å². The molecule has 2 N–H and O–H groups in total. The van der Waals surface area contributed by atoms with Crippen LogP contribution in [0.5, 0.6) is 5.75 Å². The zero-order chi connectivity index (χ0) is 28.7. The fraction of sp³-hybridized carbons (Fsp3) is 0.485. The molecule has 2 bridgehead atoms. The summed E-state index contributed by atoms with van der Waals surface area (Å²) in [5, 5.41) is 6.25. The maximum absolute atomic E-state index is 14.3. The highest BCUT2D eigenvalue weighted by Gasteiger charge is 2.72. The Morgan fingerprint density at radius 3 is 2.49 bits per heavy atom. The smallest absolute Gasteiger partial charge is 0.246 e. The minimum absolute atomic E-state index is 0.0744. The molecule has 41 heavy (non-hydrogen) atoms. The second-order valence-electron chi connectivity index (χ2n) is 12.1. The molecule has 0 radical (unpaired) electrons. The summed E-state index contributed by atoms with van der Waals surface area (Å²) in [6.07, 6.45) is 8.31. The molecule has 5 unspecified atom stereocenters. The van der Waals surface area contributed by atoms with E-state index in [0.29, 0.717) is 17.4 Å². The Balaban J connectivity index is 1.31. The van der Waals surface area contributed by atoms with E-state index in [4.69, 9.17) is 9.47 Å². The van der Waals surface area contributed by atoms with Gasteiger partial charge >= 0.3 is 0 Å². The molecule has 0 aromatic heterocycles. The Morgan fingerprint density at radius 1 is 1.05 bits per heavy atom. The first-order valence-electron chi connectivity index (χ1n) is 14.8. The van der Waals surface area contributed by atoms with E-state index in [1.807, 2.05) is 60.7 Å². The molecule has 3 aliphatic heterocycles. The third-order valence-corrected chi connectivity index (χ3v) is 9.25. The molecule has 2 aromatic rings. The van der Waals surface area contributed by atoms with E-state index in [1.165, 1.54) is 12.0 Å². The van der Waals surface area contributed by atoms with Crippen LogP contribution < -0.4 is 15.4 Å². The monoisotopic (exact) mass is 557 g/mol. The number of carbonyl (C=O) groups is 3. The van der Waals surface area contributed by atoms with Crippen molar-refractivity contribution in [3.8, 4) is 5.75 Å². The average molecular weight is 558 g/mol. The quantitative estimate of drug-likeness (QED) is 0.464. The second kappa shape index (κ2) is 11.0. The van der Waals surface area contributed by atoms with E-state index < -0.39 is 29.6 Å². The third kappa shape index (κ3) is 4.82. The summed E-state index contributed by atoms with van der Waals surface area (Å²) in [4.78, 5) is 43.7. The van der Waals surface area contributed by atoms with Crippen molar-refractivity contribution in [2.24, 2.45) is 11.8 Å². The summed E-state index contributed by atoms with van der Waals surface area (Å²) in [5.74, 6) is -1.27. The molecule has 6 rings (SSSR count). The van der Waals surface area contributed by atoms with E-state index in [-0.39, 0.29) is 30.3 Å². The van der Waals surface area contributed by atoms with E-state index in [1.54, 1.807) is 12.0 Å². The molecule has 8 heteroatoms. The van der Waals surface area contributed by atoms with Gasteiger partial charge in [-0.15, -0.1) is 0 Å². The molecule has 2 aromatic carbocycles. The van der Waals surface area contributed by atoms with Crippen LogP contribution in [0.1, 0.15) is 63.0 Å². The van der Waals surface area contributed by atoms with Crippen LogP contribution in [-0.2, 0) is 25.7 Å². The van der Waals surface area contributed by atoms with Crippen molar-refractivity contribution < 1.29 is 23.9 Å². The Kier molecular flexibility index (Phi) is 7.36. The first-order valence-corrected chi connectivity index (χ1v) is 14.8. The summed E-state index contributed by atoms with van der Waals surface area (Å²) >= 11 is 0. The number of para-hydroxylation sites is 1. The number of carbonyl (C=O) groups excluding carboxylic acids is 3. The summed E-state index contributed by atoms with van der Waals surface area (Å²) < 4.78 is 12.1. The van der Waals surface area contributed by atoms with Gasteiger partial charge in [-0.2, -0.15) is 0 Å². The number of nitrogens with zero attached hydrogens (tertiary/aromatic N) is 1. The van der Waals surface area contributed by atoms with E-state index in [0.717, 1.165) is 31.2 Å². The van der Waals surface area contributed by atoms with Gasteiger partial charge in [0.1, 0.15) is 17.4 Å². The van der Waals surface area contributed by atoms with E-state index in [2.05, 4.69) is 24.5 Å². The predicted octanol–water partition coefficient (Wildman–Crippen LogP) is 4.56. The lowest BCUT2D eigenvalue weighted by Gasteiger charge is -2.34. The van der Waals surface area contributed by atoms with Crippen molar-refractivity contribution in [3.63, 3.8) is 0 Å². The SMILES string of the molecule is COc1ccccc1CN1C(=O)C2C(C(=O)Nc3ccc(C(C)C)cc3)C3C=CC2(O3)C1C(=O)NC1CCCCC1. The van der Waals surface area contributed by atoms with Gasteiger partial charge in [0.05, 0.1) is 31.6 Å². The van der Waals surface area contributed by atoms with Gasteiger partial charge in [-0.25, -0.2) is 0 Å². The van der Waals surface area contributed by atoms with Gasteiger partial charge in [-0.3, -0.25) is 14.4 Å². The van der Waals surface area contributed by atoms with Crippen molar-refractivity contribution in [1.29, 1.82) is 0 Å². The van der Waals surface area contributed by atoms with E-state index >= 15 is 0 Å². The molecule has 1 spiro atoms. The molecular weight excluding hydrogens is 518 g/mol. The van der Waals surface area contributed by atoms with Crippen molar-refractivity contribution >= 4 is 23.4 Å². The Labute approximate surface area is 241 Å². The van der Waals surface area contributed by atoms with Gasteiger partial charge in [0.2, 0.25) is 17.7 Å². The van der Waals surface area contributed by atoms with Gasteiger partial charge in [0.25, 0.3) is 0 Å². The lowest BCUT2D eigenvalue weighted by molar-refractivity contribution is -0.142. The van der Waals surface area contributed by atoms with Crippen LogP contribution >= 0.6 is 0 Å². The summed E-state index contributed by atoms with van der Waals surface area (Å²) in [6.45, 7) is 4.42. The lowest BCUT2D eigenvalue weighted by Crippen LogP contribution is -2.56. The summed E-state index contributed by atoms with van der Waals surface area (Å²) in [5.41, 5.74) is 1.44. The minimum Gasteiger partial charge on any atom is -0.496 e. The van der Waals surface area contributed by atoms with Gasteiger partial charge in [0, 0.05) is 17.3 Å². The standard InChI is InChI=1S/C33H39N3O5/c1-20(2)21-13-15-24(16-14-21)34-30(37)27-26-17-18-33(41-26)28(27)32(39)36(19-22-9-7-8-12-25(22)40-3)29(33)31(38)35-23-10-5-4-6-11-23/h7-9,12-18,20,23,26-29H,4-6,10-11,19H2,1-3H3,(H,34,37)(H,35,38). The zero-order valence-electron chi connectivity index (χ0n) is 24.0. The molecule has 3 amide bonds. The lowest BCUT2D eigenvalue weighted by atomic mass is 9.74. The van der Waals surface area contributed by atoms with Gasteiger partial charge in [-0.1, -0.05) is 75.6 Å². The van der Waals surface area contributed by atoms with Crippen LogP contribution in [0.15, 0.2) is 60.7 Å². The maximum atomic E-state index is 14.3. The summed E-state index contributed by atoms with van der Waals surface area (Å²) in [6, 6.07) is 14.5. The fourth-order valence-corrected chi connectivity index (χ4v) is 7.16.